The monoisotopic (exact) mass is 399 g/mol. The summed E-state index contributed by atoms with van der Waals surface area (Å²) in [5.41, 5.74) is 9.42. The van der Waals surface area contributed by atoms with Gasteiger partial charge in [0.1, 0.15) is 17.7 Å². The highest BCUT2D eigenvalue weighted by molar-refractivity contribution is 5.90. The van der Waals surface area contributed by atoms with Gasteiger partial charge >= 0.3 is 0 Å². The van der Waals surface area contributed by atoms with Crippen molar-refractivity contribution in [3.8, 4) is 16.9 Å². The Morgan fingerprint density at radius 3 is 2.50 bits per heavy atom. The van der Waals surface area contributed by atoms with Gasteiger partial charge < -0.3 is 10.1 Å². The minimum atomic E-state index is -0.215. The first-order valence-electron chi connectivity index (χ1n) is 10.5. The van der Waals surface area contributed by atoms with Crippen LogP contribution in [0, 0.1) is 12.7 Å². The molecule has 0 saturated heterocycles. The van der Waals surface area contributed by atoms with Gasteiger partial charge in [-0.15, -0.1) is 0 Å². The van der Waals surface area contributed by atoms with Crippen LogP contribution < -0.4 is 10.1 Å². The van der Waals surface area contributed by atoms with Crippen LogP contribution in [0.5, 0.6) is 5.75 Å². The second-order valence-corrected chi connectivity index (χ2v) is 9.01. The van der Waals surface area contributed by atoms with Crippen LogP contribution in [0.25, 0.3) is 16.7 Å². The van der Waals surface area contributed by atoms with Gasteiger partial charge in [0.25, 0.3) is 0 Å². The van der Waals surface area contributed by atoms with Crippen molar-refractivity contribution in [1.82, 2.24) is 0 Å². The number of ether oxygens (including phenoxy) is 1. The van der Waals surface area contributed by atoms with E-state index in [4.69, 9.17) is 4.74 Å². The highest BCUT2D eigenvalue weighted by atomic mass is 19.1. The van der Waals surface area contributed by atoms with E-state index in [1.54, 1.807) is 0 Å². The molecule has 2 aliphatic rings. The predicted octanol–water partition coefficient (Wildman–Crippen LogP) is 7.08. The number of fused-ring (bicyclic) bond motifs is 5. The molecule has 3 aromatic carbocycles. The first-order chi connectivity index (χ1) is 14.3. The molecule has 1 unspecified atom stereocenters. The maximum atomic E-state index is 13.4. The normalized spacial score (nSPS) is 18.3. The molecule has 3 aromatic rings. The molecule has 0 amide bonds. The Bertz CT molecular complexity index is 1170. The largest absolute Gasteiger partial charge is 0.485 e. The Kier molecular flexibility index (Phi) is 4.25. The van der Waals surface area contributed by atoms with Crippen LogP contribution in [-0.2, 0) is 6.42 Å². The van der Waals surface area contributed by atoms with Crippen molar-refractivity contribution in [2.24, 2.45) is 0 Å². The summed E-state index contributed by atoms with van der Waals surface area (Å²) in [4.78, 5) is 0. The van der Waals surface area contributed by atoms with Crippen molar-refractivity contribution < 1.29 is 9.13 Å². The van der Waals surface area contributed by atoms with Gasteiger partial charge in [-0.05, 0) is 74.2 Å². The lowest BCUT2D eigenvalue weighted by atomic mass is 9.80. The third-order valence-corrected chi connectivity index (χ3v) is 6.10. The summed E-state index contributed by atoms with van der Waals surface area (Å²) in [5, 5.41) is 3.67. The first kappa shape index (κ1) is 18.9. The van der Waals surface area contributed by atoms with Crippen LogP contribution >= 0.6 is 0 Å². The lowest BCUT2D eigenvalue weighted by Gasteiger charge is -2.37. The van der Waals surface area contributed by atoms with Crippen molar-refractivity contribution in [2.75, 3.05) is 5.32 Å². The quantitative estimate of drug-likeness (QED) is 0.497. The maximum absolute atomic E-state index is 13.4. The number of hydrogen-bond acceptors (Lipinski definition) is 2. The van der Waals surface area contributed by atoms with Gasteiger partial charge in [-0.25, -0.2) is 4.39 Å². The van der Waals surface area contributed by atoms with Crippen LogP contribution in [0.2, 0.25) is 0 Å². The summed E-state index contributed by atoms with van der Waals surface area (Å²) in [7, 11) is 0. The fourth-order valence-electron chi connectivity index (χ4n) is 4.97. The number of halogens is 1. The lowest BCUT2D eigenvalue weighted by Crippen LogP contribution is -2.32. The molecule has 2 heterocycles. The molecule has 152 valence electrons. The molecule has 30 heavy (non-hydrogen) atoms. The van der Waals surface area contributed by atoms with Gasteiger partial charge in [-0.3, -0.25) is 0 Å². The number of allylic oxidation sites excluding steroid dienone is 1. The Morgan fingerprint density at radius 2 is 1.73 bits per heavy atom. The smallest absolute Gasteiger partial charge is 0.129 e. The van der Waals surface area contributed by atoms with Crippen LogP contribution in [0.3, 0.4) is 0 Å². The highest BCUT2D eigenvalue weighted by Gasteiger charge is 2.34. The molecule has 0 aromatic heterocycles. The molecule has 5 rings (SSSR count). The molecular weight excluding hydrogens is 373 g/mol. The zero-order chi connectivity index (χ0) is 21.0. The molecule has 0 radical (unpaired) electrons. The third kappa shape index (κ3) is 3.09. The van der Waals surface area contributed by atoms with E-state index in [2.05, 4.69) is 57.3 Å². The van der Waals surface area contributed by atoms with Crippen molar-refractivity contribution >= 4 is 11.3 Å². The topological polar surface area (TPSA) is 21.3 Å². The molecule has 0 saturated carbocycles. The van der Waals surface area contributed by atoms with Gasteiger partial charge in [0, 0.05) is 28.8 Å². The summed E-state index contributed by atoms with van der Waals surface area (Å²) in [6.45, 7) is 8.69. The van der Waals surface area contributed by atoms with E-state index >= 15 is 0 Å². The maximum Gasteiger partial charge on any atom is 0.129 e. The van der Waals surface area contributed by atoms with E-state index in [1.165, 1.54) is 45.5 Å². The summed E-state index contributed by atoms with van der Waals surface area (Å²) >= 11 is 0. The van der Waals surface area contributed by atoms with Crippen LogP contribution in [0.4, 0.5) is 10.1 Å². The van der Waals surface area contributed by atoms with E-state index in [-0.39, 0.29) is 17.5 Å². The average molecular weight is 400 g/mol. The average Bonchev–Trinajstić information content (AvgIpc) is 2.68. The Hall–Kier alpha value is -3.07. The Labute approximate surface area is 177 Å². The van der Waals surface area contributed by atoms with E-state index in [1.807, 2.05) is 24.3 Å². The fraction of sp³-hybridized carbons (Fsp3) is 0.259. The molecule has 0 spiro atoms. The predicted molar refractivity (Wildman–Crippen MR) is 121 cm³/mol. The van der Waals surface area contributed by atoms with Crippen LogP contribution in [-0.4, -0.2) is 5.54 Å². The third-order valence-electron chi connectivity index (χ3n) is 6.10. The molecule has 3 heteroatoms. The number of aryl methyl sites for hydroxylation is 1. The number of benzene rings is 3. The molecule has 2 aliphatic heterocycles. The van der Waals surface area contributed by atoms with Gasteiger partial charge in [-0.1, -0.05) is 36.4 Å². The van der Waals surface area contributed by atoms with Gasteiger partial charge in [-0.2, -0.15) is 0 Å². The minimum Gasteiger partial charge on any atom is -0.485 e. The number of hydrogen-bond donors (Lipinski definition) is 1. The van der Waals surface area contributed by atoms with E-state index in [0.29, 0.717) is 6.42 Å². The number of rotatable bonds is 2. The summed E-state index contributed by atoms with van der Waals surface area (Å²) in [6.07, 6.45) is 2.84. The van der Waals surface area contributed by atoms with E-state index < -0.39 is 0 Å². The summed E-state index contributed by atoms with van der Waals surface area (Å²) in [5.74, 6) is 0.701. The van der Waals surface area contributed by atoms with Crippen molar-refractivity contribution in [3.05, 3.63) is 88.7 Å². The Morgan fingerprint density at radius 1 is 0.967 bits per heavy atom. The molecule has 0 fully saturated rings. The standard InChI is InChI=1S/C27H26FNO/c1-16-6-5-7-22-24(16)20-12-13-21-25(17(2)15-27(3,4)29-21)26(20)23(30-22)14-18-8-10-19(28)11-9-18/h5-13,15,23,29H,14H2,1-4H3. The van der Waals surface area contributed by atoms with E-state index in [9.17, 15) is 4.39 Å². The number of anilines is 1. The second kappa shape index (κ2) is 6.73. The minimum absolute atomic E-state index is 0.0961. The molecule has 0 bridgehead atoms. The second-order valence-electron chi connectivity index (χ2n) is 9.01. The Balaban J connectivity index is 1.72. The number of nitrogens with one attached hydrogen (secondary N) is 1. The van der Waals surface area contributed by atoms with Crippen molar-refractivity contribution in [1.29, 1.82) is 0 Å². The molecular formula is C27H26FNO. The zero-order valence-electron chi connectivity index (χ0n) is 17.8. The molecule has 1 N–H and O–H groups in total. The summed E-state index contributed by atoms with van der Waals surface area (Å²) in [6, 6.07) is 17.4. The van der Waals surface area contributed by atoms with Gasteiger partial charge in [0.2, 0.25) is 0 Å². The molecule has 0 aliphatic carbocycles. The lowest BCUT2D eigenvalue weighted by molar-refractivity contribution is 0.202. The summed E-state index contributed by atoms with van der Waals surface area (Å²) < 4.78 is 20.0. The van der Waals surface area contributed by atoms with Crippen LogP contribution in [0.1, 0.15) is 49.1 Å². The first-order valence-corrected chi connectivity index (χ1v) is 10.5. The van der Waals surface area contributed by atoms with Crippen molar-refractivity contribution in [3.63, 3.8) is 0 Å². The molecule has 2 nitrogen and oxygen atoms in total. The van der Waals surface area contributed by atoms with Gasteiger partial charge in [0.15, 0.2) is 0 Å². The fourth-order valence-corrected chi connectivity index (χ4v) is 4.97. The highest BCUT2D eigenvalue weighted by Crippen LogP contribution is 2.50. The van der Waals surface area contributed by atoms with Gasteiger partial charge in [0.05, 0.1) is 5.54 Å². The van der Waals surface area contributed by atoms with Crippen LogP contribution in [0.15, 0.2) is 60.7 Å². The molecule has 1 atom stereocenters. The zero-order valence-corrected chi connectivity index (χ0v) is 17.8. The SMILES string of the molecule is CC1=CC(C)(C)Nc2ccc3c(c21)C(Cc1ccc(F)cc1)Oc1cccc(C)c1-3. The van der Waals surface area contributed by atoms with E-state index in [0.717, 1.165) is 17.0 Å². The van der Waals surface area contributed by atoms with Crippen molar-refractivity contribution in [2.45, 2.75) is 45.8 Å².